The number of hydrogen-bond acceptors (Lipinski definition) is 2. The quantitative estimate of drug-likeness (QED) is 0.898. The van der Waals surface area contributed by atoms with Crippen molar-refractivity contribution in [2.24, 2.45) is 0 Å². The number of halogens is 1. The molecule has 0 bridgehead atoms. The van der Waals surface area contributed by atoms with Crippen molar-refractivity contribution in [1.29, 1.82) is 0 Å². The first-order valence-electron chi connectivity index (χ1n) is 6.74. The molecule has 3 rings (SSSR count). The lowest BCUT2D eigenvalue weighted by Crippen LogP contribution is -2.26. The van der Waals surface area contributed by atoms with Gasteiger partial charge < -0.3 is 9.84 Å². The van der Waals surface area contributed by atoms with Crippen molar-refractivity contribution in [2.45, 2.75) is 31.5 Å². The van der Waals surface area contributed by atoms with Gasteiger partial charge in [0.2, 0.25) is 0 Å². The summed E-state index contributed by atoms with van der Waals surface area (Å²) in [6.45, 7) is 0.760. The first-order valence-corrected chi connectivity index (χ1v) is 7.53. The van der Waals surface area contributed by atoms with E-state index in [2.05, 4.69) is 28.1 Å². The zero-order chi connectivity index (χ0) is 13.2. The highest BCUT2D eigenvalue weighted by Crippen LogP contribution is 2.34. The summed E-state index contributed by atoms with van der Waals surface area (Å²) < 4.78 is 6.77. The molecule has 1 fully saturated rings. The maximum absolute atomic E-state index is 10.6. The van der Waals surface area contributed by atoms with E-state index in [0.29, 0.717) is 0 Å². The molecular formula is C16H17BrO2. The van der Waals surface area contributed by atoms with Crippen LogP contribution in [0.15, 0.2) is 40.9 Å². The Morgan fingerprint density at radius 3 is 2.63 bits per heavy atom. The van der Waals surface area contributed by atoms with Crippen LogP contribution >= 0.6 is 15.9 Å². The third kappa shape index (κ3) is 2.55. The molecule has 0 aliphatic carbocycles. The molecule has 2 atom stereocenters. The van der Waals surface area contributed by atoms with Gasteiger partial charge in [0, 0.05) is 11.1 Å². The molecule has 0 saturated carbocycles. The molecule has 19 heavy (non-hydrogen) atoms. The highest BCUT2D eigenvalue weighted by atomic mass is 79.9. The average Bonchev–Trinajstić information content (AvgIpc) is 2.48. The van der Waals surface area contributed by atoms with Gasteiger partial charge in [0.15, 0.2) is 0 Å². The predicted molar refractivity (Wildman–Crippen MR) is 80.2 cm³/mol. The topological polar surface area (TPSA) is 29.5 Å². The fraction of sp³-hybridized carbons (Fsp3) is 0.375. The summed E-state index contributed by atoms with van der Waals surface area (Å²) in [7, 11) is 0. The van der Waals surface area contributed by atoms with Gasteiger partial charge in [-0.2, -0.15) is 0 Å². The predicted octanol–water partition coefficient (Wildman–Crippen LogP) is 4.20. The van der Waals surface area contributed by atoms with E-state index >= 15 is 0 Å². The Morgan fingerprint density at radius 2 is 1.89 bits per heavy atom. The molecule has 0 aromatic heterocycles. The number of hydrogen-bond donors (Lipinski definition) is 1. The number of benzene rings is 2. The van der Waals surface area contributed by atoms with Crippen molar-refractivity contribution in [3.8, 4) is 0 Å². The van der Waals surface area contributed by atoms with E-state index in [-0.39, 0.29) is 6.10 Å². The zero-order valence-electron chi connectivity index (χ0n) is 10.7. The third-order valence-corrected chi connectivity index (χ3v) is 4.48. The van der Waals surface area contributed by atoms with Crippen LogP contribution in [0.5, 0.6) is 0 Å². The second kappa shape index (κ2) is 5.61. The van der Waals surface area contributed by atoms with Crippen molar-refractivity contribution < 1.29 is 9.84 Å². The normalized spacial score (nSPS) is 21.5. The Labute approximate surface area is 121 Å². The molecule has 3 heteroatoms. The molecule has 2 unspecified atom stereocenters. The molecule has 100 valence electrons. The lowest BCUT2D eigenvalue weighted by Gasteiger charge is -2.28. The second-order valence-corrected chi connectivity index (χ2v) is 5.89. The van der Waals surface area contributed by atoms with Gasteiger partial charge in [-0.05, 0) is 41.7 Å². The van der Waals surface area contributed by atoms with E-state index in [0.717, 1.165) is 46.7 Å². The van der Waals surface area contributed by atoms with Gasteiger partial charge in [-0.1, -0.05) is 46.3 Å². The first kappa shape index (κ1) is 13.1. The van der Waals surface area contributed by atoms with Crippen LogP contribution in [-0.2, 0) is 4.74 Å². The molecule has 1 N–H and O–H groups in total. The standard InChI is InChI=1S/C16H17BrO2/c17-14-9-8-13(11-5-1-2-6-12(11)14)16(18)15-7-3-4-10-19-15/h1-2,5-6,8-9,15-16,18H,3-4,7,10H2. The Bertz CT molecular complexity index is 576. The van der Waals surface area contributed by atoms with E-state index in [1.807, 2.05) is 24.3 Å². The maximum atomic E-state index is 10.6. The first-order chi connectivity index (χ1) is 9.27. The van der Waals surface area contributed by atoms with Gasteiger partial charge in [0.25, 0.3) is 0 Å². The molecule has 0 amide bonds. The van der Waals surface area contributed by atoms with Crippen molar-refractivity contribution in [2.75, 3.05) is 6.61 Å². The molecule has 1 saturated heterocycles. The number of aliphatic hydroxyl groups is 1. The zero-order valence-corrected chi connectivity index (χ0v) is 12.3. The molecule has 2 aromatic rings. The Balaban J connectivity index is 2.02. The van der Waals surface area contributed by atoms with E-state index in [1.165, 1.54) is 0 Å². The fourth-order valence-corrected chi connectivity index (χ4v) is 3.24. The molecule has 0 spiro atoms. The number of aliphatic hydroxyl groups excluding tert-OH is 1. The van der Waals surface area contributed by atoms with Crippen LogP contribution in [0, 0.1) is 0 Å². The highest BCUT2D eigenvalue weighted by molar-refractivity contribution is 9.10. The van der Waals surface area contributed by atoms with Crippen molar-refractivity contribution >= 4 is 26.7 Å². The molecule has 1 aliphatic heterocycles. The van der Waals surface area contributed by atoms with E-state index < -0.39 is 6.10 Å². The monoisotopic (exact) mass is 320 g/mol. The third-order valence-electron chi connectivity index (χ3n) is 3.79. The molecule has 1 aliphatic rings. The lowest BCUT2D eigenvalue weighted by atomic mass is 9.94. The molecular weight excluding hydrogens is 304 g/mol. The van der Waals surface area contributed by atoms with Gasteiger partial charge in [-0.15, -0.1) is 0 Å². The Kier molecular flexibility index (Phi) is 3.87. The Hall–Kier alpha value is -0.900. The second-order valence-electron chi connectivity index (χ2n) is 5.03. The van der Waals surface area contributed by atoms with Gasteiger partial charge in [0.05, 0.1) is 6.10 Å². The minimum Gasteiger partial charge on any atom is -0.386 e. The number of fused-ring (bicyclic) bond motifs is 1. The molecule has 0 radical (unpaired) electrons. The minimum absolute atomic E-state index is 0.0710. The van der Waals surface area contributed by atoms with Crippen molar-refractivity contribution in [1.82, 2.24) is 0 Å². The summed E-state index contributed by atoms with van der Waals surface area (Å²) >= 11 is 3.56. The van der Waals surface area contributed by atoms with Crippen molar-refractivity contribution in [3.05, 3.63) is 46.4 Å². The number of rotatable bonds is 2. The van der Waals surface area contributed by atoms with Crippen LogP contribution in [0.3, 0.4) is 0 Å². The van der Waals surface area contributed by atoms with Crippen LogP contribution < -0.4 is 0 Å². The van der Waals surface area contributed by atoms with Crippen molar-refractivity contribution in [3.63, 3.8) is 0 Å². The SMILES string of the molecule is OC(c1ccc(Br)c2ccccc12)C1CCCCO1. The summed E-state index contributed by atoms with van der Waals surface area (Å²) in [4.78, 5) is 0. The minimum atomic E-state index is -0.543. The van der Waals surface area contributed by atoms with Crippen LogP contribution in [0.2, 0.25) is 0 Å². The summed E-state index contributed by atoms with van der Waals surface area (Å²) in [5, 5.41) is 12.8. The van der Waals surface area contributed by atoms with Crippen LogP contribution in [0.25, 0.3) is 10.8 Å². The summed E-state index contributed by atoms with van der Waals surface area (Å²) in [6.07, 6.45) is 2.56. The molecule has 2 aromatic carbocycles. The van der Waals surface area contributed by atoms with Gasteiger partial charge >= 0.3 is 0 Å². The maximum Gasteiger partial charge on any atom is 0.106 e. The smallest absolute Gasteiger partial charge is 0.106 e. The van der Waals surface area contributed by atoms with E-state index in [4.69, 9.17) is 4.74 Å². The van der Waals surface area contributed by atoms with Crippen LogP contribution in [-0.4, -0.2) is 17.8 Å². The van der Waals surface area contributed by atoms with Gasteiger partial charge in [0.1, 0.15) is 6.10 Å². The summed E-state index contributed by atoms with van der Waals surface area (Å²) in [5.41, 5.74) is 0.964. The number of ether oxygens (including phenoxy) is 1. The highest BCUT2D eigenvalue weighted by Gasteiger charge is 2.25. The average molecular weight is 321 g/mol. The lowest BCUT2D eigenvalue weighted by molar-refractivity contribution is -0.0628. The largest absolute Gasteiger partial charge is 0.386 e. The van der Waals surface area contributed by atoms with Gasteiger partial charge in [-0.25, -0.2) is 0 Å². The van der Waals surface area contributed by atoms with Crippen LogP contribution in [0.1, 0.15) is 30.9 Å². The van der Waals surface area contributed by atoms with E-state index in [9.17, 15) is 5.11 Å². The fourth-order valence-electron chi connectivity index (χ4n) is 2.76. The summed E-state index contributed by atoms with van der Waals surface area (Å²) in [6, 6.07) is 12.1. The molecule has 2 nitrogen and oxygen atoms in total. The molecule has 1 heterocycles. The Morgan fingerprint density at radius 1 is 1.11 bits per heavy atom. The van der Waals surface area contributed by atoms with E-state index in [1.54, 1.807) is 0 Å². The van der Waals surface area contributed by atoms with Gasteiger partial charge in [-0.3, -0.25) is 0 Å². The summed E-state index contributed by atoms with van der Waals surface area (Å²) in [5.74, 6) is 0. The van der Waals surface area contributed by atoms with Crippen LogP contribution in [0.4, 0.5) is 0 Å².